The quantitative estimate of drug-likeness (QED) is 0.668. The van der Waals surface area contributed by atoms with Gasteiger partial charge in [0, 0.05) is 28.2 Å². The van der Waals surface area contributed by atoms with E-state index in [2.05, 4.69) is 10.3 Å². The molecule has 0 unspecified atom stereocenters. The molecule has 0 saturated carbocycles. The second-order valence-corrected chi connectivity index (χ2v) is 3.54. The number of aromatic nitrogens is 1. The van der Waals surface area contributed by atoms with Gasteiger partial charge in [-0.05, 0) is 12.1 Å². The fourth-order valence-corrected chi connectivity index (χ4v) is 1.94. The average molecular weight is 200 g/mol. The highest BCUT2D eigenvalue weighted by molar-refractivity contribution is 6.19. The predicted octanol–water partition coefficient (Wildman–Crippen LogP) is 1.09. The Labute approximate surface area is 85.3 Å². The molecule has 1 aliphatic heterocycles. The Morgan fingerprint density at radius 3 is 2.87 bits per heavy atom. The first-order chi connectivity index (χ1) is 7.27. The van der Waals surface area contributed by atoms with Crippen LogP contribution in [0.4, 0.5) is 0 Å². The van der Waals surface area contributed by atoms with Gasteiger partial charge in [0.2, 0.25) is 0 Å². The smallest absolute Gasteiger partial charge is 0.252 e. The Kier molecular flexibility index (Phi) is 1.48. The number of benzene rings is 1. The number of aromatic amines is 1. The topological polar surface area (TPSA) is 62.0 Å². The number of carbonyl (C=O) groups excluding carboxylic acids is 2. The second-order valence-electron chi connectivity index (χ2n) is 3.54. The van der Waals surface area contributed by atoms with Gasteiger partial charge in [0.15, 0.2) is 5.78 Å². The number of hydrogen-bond donors (Lipinski definition) is 2. The second kappa shape index (κ2) is 2.70. The van der Waals surface area contributed by atoms with E-state index in [1.165, 1.54) is 0 Å². The number of carbonyl (C=O) groups is 2. The molecule has 0 atom stereocenters. The molecule has 2 N–H and O–H groups in total. The minimum absolute atomic E-state index is 0.0560. The molecule has 1 amide bonds. The molecule has 15 heavy (non-hydrogen) atoms. The lowest BCUT2D eigenvalue weighted by Crippen LogP contribution is -2.26. The Hall–Kier alpha value is -2.10. The van der Waals surface area contributed by atoms with E-state index in [1.807, 2.05) is 6.07 Å². The van der Waals surface area contributed by atoms with Crippen LogP contribution in [0.1, 0.15) is 20.7 Å². The Morgan fingerprint density at radius 1 is 1.13 bits per heavy atom. The van der Waals surface area contributed by atoms with Crippen molar-refractivity contribution in [1.29, 1.82) is 0 Å². The van der Waals surface area contributed by atoms with E-state index in [-0.39, 0.29) is 18.2 Å². The molecule has 3 rings (SSSR count). The van der Waals surface area contributed by atoms with Crippen molar-refractivity contribution in [1.82, 2.24) is 10.3 Å². The summed E-state index contributed by atoms with van der Waals surface area (Å²) in [6, 6.07) is 5.38. The van der Waals surface area contributed by atoms with Crippen LogP contribution in [0.5, 0.6) is 0 Å². The number of nitrogens with one attached hydrogen (secondary N) is 2. The number of Topliss-reactive ketones (excluding diaryl/α,β-unsaturated/α-hetero) is 1. The van der Waals surface area contributed by atoms with E-state index in [4.69, 9.17) is 0 Å². The van der Waals surface area contributed by atoms with Crippen LogP contribution in [0.15, 0.2) is 24.4 Å². The first-order valence-electron chi connectivity index (χ1n) is 4.69. The van der Waals surface area contributed by atoms with Gasteiger partial charge in [0.05, 0.1) is 6.54 Å². The first kappa shape index (κ1) is 8.23. The van der Waals surface area contributed by atoms with Crippen LogP contribution in [-0.4, -0.2) is 23.2 Å². The van der Waals surface area contributed by atoms with Gasteiger partial charge in [-0.3, -0.25) is 9.59 Å². The zero-order chi connectivity index (χ0) is 10.4. The molecular weight excluding hydrogens is 192 g/mol. The summed E-state index contributed by atoms with van der Waals surface area (Å²) in [4.78, 5) is 26.3. The van der Waals surface area contributed by atoms with Crippen molar-refractivity contribution in [3.63, 3.8) is 0 Å². The standard InChI is InChI=1S/C11H8N2O2/c14-9-5-13-11(15)6-2-1-3-8-10(6)7(9)4-12-8/h1-4,12H,5H2,(H,13,15). The zero-order valence-electron chi connectivity index (χ0n) is 7.83. The van der Waals surface area contributed by atoms with E-state index in [1.54, 1.807) is 18.3 Å². The summed E-state index contributed by atoms with van der Waals surface area (Å²) < 4.78 is 0. The van der Waals surface area contributed by atoms with Gasteiger partial charge >= 0.3 is 0 Å². The summed E-state index contributed by atoms with van der Waals surface area (Å²) in [5.41, 5.74) is 1.99. The summed E-state index contributed by atoms with van der Waals surface area (Å²) in [6.45, 7) is 0.0699. The third-order valence-electron chi connectivity index (χ3n) is 2.66. The Balaban J connectivity index is 2.48. The molecule has 1 aliphatic rings. The fraction of sp³-hybridized carbons (Fsp3) is 0.0909. The molecular formula is C11H8N2O2. The van der Waals surface area contributed by atoms with Crippen LogP contribution in [0.25, 0.3) is 10.9 Å². The van der Waals surface area contributed by atoms with Crippen molar-refractivity contribution in [3.05, 3.63) is 35.5 Å². The SMILES string of the molecule is O=C1CNC(=O)c2cccc3[nH]cc1c23. The van der Waals surface area contributed by atoms with Crippen LogP contribution in [0, 0.1) is 0 Å². The number of hydrogen-bond acceptors (Lipinski definition) is 2. The third-order valence-corrected chi connectivity index (χ3v) is 2.66. The van der Waals surface area contributed by atoms with Gasteiger partial charge in [0.25, 0.3) is 5.91 Å². The van der Waals surface area contributed by atoms with Crippen molar-refractivity contribution >= 4 is 22.6 Å². The Bertz CT molecular complexity index is 583. The van der Waals surface area contributed by atoms with Crippen molar-refractivity contribution in [2.45, 2.75) is 0 Å². The highest BCUT2D eigenvalue weighted by atomic mass is 16.2. The van der Waals surface area contributed by atoms with E-state index in [0.29, 0.717) is 11.1 Å². The lowest BCUT2D eigenvalue weighted by Gasteiger charge is -1.99. The van der Waals surface area contributed by atoms with E-state index in [0.717, 1.165) is 10.9 Å². The average Bonchev–Trinajstić information content (AvgIpc) is 2.63. The van der Waals surface area contributed by atoms with Gasteiger partial charge in [-0.1, -0.05) is 6.07 Å². The largest absolute Gasteiger partial charge is 0.360 e. The maximum atomic E-state index is 11.7. The van der Waals surface area contributed by atoms with E-state index >= 15 is 0 Å². The molecule has 0 bridgehead atoms. The van der Waals surface area contributed by atoms with E-state index < -0.39 is 0 Å². The summed E-state index contributed by atoms with van der Waals surface area (Å²) >= 11 is 0. The molecule has 0 aliphatic carbocycles. The molecule has 2 aromatic rings. The Morgan fingerprint density at radius 2 is 2.00 bits per heavy atom. The van der Waals surface area contributed by atoms with Crippen molar-refractivity contribution in [2.75, 3.05) is 6.54 Å². The summed E-state index contributed by atoms with van der Waals surface area (Å²) in [7, 11) is 0. The highest BCUT2D eigenvalue weighted by Crippen LogP contribution is 2.24. The van der Waals surface area contributed by atoms with Crippen LogP contribution in [0.3, 0.4) is 0 Å². The van der Waals surface area contributed by atoms with Gasteiger partial charge in [-0.15, -0.1) is 0 Å². The van der Waals surface area contributed by atoms with Gasteiger partial charge < -0.3 is 10.3 Å². The molecule has 1 aromatic heterocycles. The minimum Gasteiger partial charge on any atom is -0.360 e. The molecule has 0 saturated heterocycles. The molecule has 0 radical (unpaired) electrons. The van der Waals surface area contributed by atoms with Gasteiger partial charge in [-0.2, -0.15) is 0 Å². The molecule has 2 heterocycles. The molecule has 0 spiro atoms. The number of rotatable bonds is 0. The molecule has 4 heteroatoms. The fourth-order valence-electron chi connectivity index (χ4n) is 1.94. The molecule has 1 aromatic carbocycles. The van der Waals surface area contributed by atoms with Gasteiger partial charge in [0.1, 0.15) is 0 Å². The van der Waals surface area contributed by atoms with Crippen molar-refractivity contribution < 1.29 is 9.59 Å². The lowest BCUT2D eigenvalue weighted by molar-refractivity contribution is 0.0911. The third kappa shape index (κ3) is 1.01. The lowest BCUT2D eigenvalue weighted by atomic mass is 10.1. The summed E-state index contributed by atoms with van der Waals surface area (Å²) in [5.74, 6) is -0.244. The van der Waals surface area contributed by atoms with E-state index in [9.17, 15) is 9.59 Å². The molecule has 4 nitrogen and oxygen atoms in total. The highest BCUT2D eigenvalue weighted by Gasteiger charge is 2.22. The minimum atomic E-state index is -0.188. The zero-order valence-corrected chi connectivity index (χ0v) is 7.83. The maximum absolute atomic E-state index is 11.7. The predicted molar refractivity (Wildman–Crippen MR) is 55.0 cm³/mol. The monoisotopic (exact) mass is 200 g/mol. The van der Waals surface area contributed by atoms with Crippen LogP contribution >= 0.6 is 0 Å². The van der Waals surface area contributed by atoms with Crippen LogP contribution < -0.4 is 5.32 Å². The van der Waals surface area contributed by atoms with Crippen molar-refractivity contribution in [3.8, 4) is 0 Å². The number of H-pyrrole nitrogens is 1. The number of amides is 1. The van der Waals surface area contributed by atoms with Crippen LogP contribution in [-0.2, 0) is 0 Å². The molecule has 74 valence electrons. The summed E-state index contributed by atoms with van der Waals surface area (Å²) in [5, 5.41) is 3.32. The number of ketones is 1. The normalized spacial score (nSPS) is 15.2. The molecule has 0 fully saturated rings. The first-order valence-corrected chi connectivity index (χ1v) is 4.69. The maximum Gasteiger partial charge on any atom is 0.252 e. The van der Waals surface area contributed by atoms with Crippen molar-refractivity contribution in [2.24, 2.45) is 0 Å². The summed E-state index contributed by atoms with van der Waals surface area (Å²) in [6.07, 6.45) is 1.66. The van der Waals surface area contributed by atoms with Crippen LogP contribution in [0.2, 0.25) is 0 Å². The van der Waals surface area contributed by atoms with Gasteiger partial charge in [-0.25, -0.2) is 0 Å².